The Morgan fingerprint density at radius 3 is 2.35 bits per heavy atom. The molecule has 1 atom stereocenters. The molecule has 1 aromatic rings. The van der Waals surface area contributed by atoms with Crippen molar-refractivity contribution in [1.82, 2.24) is 0 Å². The van der Waals surface area contributed by atoms with Crippen LogP contribution in [0.3, 0.4) is 0 Å². The summed E-state index contributed by atoms with van der Waals surface area (Å²) in [6.45, 7) is 1.48. The van der Waals surface area contributed by atoms with E-state index in [1.54, 1.807) is 0 Å². The number of ether oxygens (including phenoxy) is 1. The molecule has 7 nitrogen and oxygen atoms in total. The zero-order valence-corrected chi connectivity index (χ0v) is 12.2. The van der Waals surface area contributed by atoms with Crippen molar-refractivity contribution in [3.63, 3.8) is 0 Å². The summed E-state index contributed by atoms with van der Waals surface area (Å²) in [5.41, 5.74) is 5.60. The number of benzene rings is 1. The average Bonchev–Trinajstić information content (AvgIpc) is 2.36. The molecule has 0 aliphatic rings. The fourth-order valence-electron chi connectivity index (χ4n) is 1.38. The minimum absolute atomic E-state index is 0.0235. The molecule has 0 saturated heterocycles. The minimum Gasteiger partial charge on any atom is -0.465 e. The van der Waals surface area contributed by atoms with Crippen molar-refractivity contribution in [2.45, 2.75) is 17.9 Å². The SMILES string of the molecule is COC(=O)c1cc(NC(=O)[C@H](C)N)cc(S(C)(=O)=O)c1. The molecule has 110 valence electrons. The number of amides is 1. The standard InChI is InChI=1S/C12H16N2O5S/c1-7(13)11(15)14-9-4-8(12(16)19-2)5-10(6-9)20(3,17)18/h4-7H,13H2,1-3H3,(H,14,15)/t7-/m0/s1. The number of methoxy groups -OCH3 is 1. The lowest BCUT2D eigenvalue weighted by molar-refractivity contribution is -0.117. The fourth-order valence-corrected chi connectivity index (χ4v) is 2.06. The average molecular weight is 300 g/mol. The highest BCUT2D eigenvalue weighted by atomic mass is 32.2. The normalized spacial score (nSPS) is 12.6. The van der Waals surface area contributed by atoms with Gasteiger partial charge in [-0.05, 0) is 25.1 Å². The second kappa shape index (κ2) is 6.02. The summed E-state index contributed by atoms with van der Waals surface area (Å²) in [5, 5.41) is 2.44. The molecule has 1 rings (SSSR count). The number of rotatable bonds is 4. The molecule has 0 saturated carbocycles. The van der Waals surface area contributed by atoms with E-state index in [0.29, 0.717) is 0 Å². The van der Waals surface area contributed by atoms with Crippen molar-refractivity contribution in [3.05, 3.63) is 23.8 Å². The molecule has 0 radical (unpaired) electrons. The van der Waals surface area contributed by atoms with E-state index >= 15 is 0 Å². The molecular formula is C12H16N2O5S. The number of hydrogen-bond donors (Lipinski definition) is 2. The molecule has 0 fully saturated rings. The summed E-state index contributed by atoms with van der Waals surface area (Å²) in [6.07, 6.45) is 1.00. The highest BCUT2D eigenvalue weighted by molar-refractivity contribution is 7.90. The number of nitrogens with two attached hydrogens (primary N) is 1. The lowest BCUT2D eigenvalue weighted by atomic mass is 10.2. The summed E-state index contributed by atoms with van der Waals surface area (Å²) in [7, 11) is -2.36. The molecule has 8 heteroatoms. The van der Waals surface area contributed by atoms with Gasteiger partial charge in [-0.15, -0.1) is 0 Å². The predicted molar refractivity (Wildman–Crippen MR) is 73.2 cm³/mol. The molecule has 0 unspecified atom stereocenters. The van der Waals surface area contributed by atoms with Gasteiger partial charge < -0.3 is 15.8 Å². The topological polar surface area (TPSA) is 116 Å². The van der Waals surface area contributed by atoms with Crippen molar-refractivity contribution < 1.29 is 22.7 Å². The van der Waals surface area contributed by atoms with E-state index in [4.69, 9.17) is 5.73 Å². The van der Waals surface area contributed by atoms with Gasteiger partial charge in [0.15, 0.2) is 9.84 Å². The van der Waals surface area contributed by atoms with Gasteiger partial charge in [0.2, 0.25) is 5.91 Å². The molecule has 0 aliphatic heterocycles. The molecule has 20 heavy (non-hydrogen) atoms. The van der Waals surface area contributed by atoms with E-state index in [1.165, 1.54) is 32.2 Å². The summed E-state index contributed by atoms with van der Waals surface area (Å²) in [4.78, 5) is 22.9. The van der Waals surface area contributed by atoms with Crippen molar-refractivity contribution in [2.75, 3.05) is 18.7 Å². The molecule has 3 N–H and O–H groups in total. The molecule has 1 aromatic carbocycles. The van der Waals surface area contributed by atoms with E-state index in [0.717, 1.165) is 6.26 Å². The molecule has 1 amide bonds. The van der Waals surface area contributed by atoms with Gasteiger partial charge in [-0.2, -0.15) is 0 Å². The van der Waals surface area contributed by atoms with Crippen LogP contribution < -0.4 is 11.1 Å². The lowest BCUT2D eigenvalue weighted by Crippen LogP contribution is -2.32. The van der Waals surface area contributed by atoms with Crippen molar-refractivity contribution in [3.8, 4) is 0 Å². The van der Waals surface area contributed by atoms with Crippen molar-refractivity contribution >= 4 is 27.4 Å². The van der Waals surface area contributed by atoms with Crippen LogP contribution in [0, 0.1) is 0 Å². The summed E-state index contributed by atoms with van der Waals surface area (Å²) in [6, 6.07) is 2.99. The summed E-state index contributed by atoms with van der Waals surface area (Å²) in [5.74, 6) is -1.20. The first-order valence-electron chi connectivity index (χ1n) is 5.65. The first-order valence-corrected chi connectivity index (χ1v) is 7.54. The van der Waals surface area contributed by atoms with Crippen LogP contribution >= 0.6 is 0 Å². The van der Waals surface area contributed by atoms with Crippen LogP contribution in [0.2, 0.25) is 0 Å². The predicted octanol–water partition coefficient (Wildman–Crippen LogP) is 0.162. The molecule has 0 heterocycles. The Labute approximate surface area is 117 Å². The third-order valence-electron chi connectivity index (χ3n) is 2.44. The highest BCUT2D eigenvalue weighted by Gasteiger charge is 2.16. The first-order chi connectivity index (χ1) is 9.15. The van der Waals surface area contributed by atoms with E-state index in [-0.39, 0.29) is 16.1 Å². The van der Waals surface area contributed by atoms with Crippen LogP contribution in [-0.2, 0) is 19.4 Å². The highest BCUT2D eigenvalue weighted by Crippen LogP contribution is 2.20. The largest absolute Gasteiger partial charge is 0.465 e. The Bertz CT molecular complexity index is 637. The van der Waals surface area contributed by atoms with Gasteiger partial charge in [-0.25, -0.2) is 13.2 Å². The quantitative estimate of drug-likeness (QED) is 0.765. The number of nitrogens with one attached hydrogen (secondary N) is 1. The second-order valence-corrected chi connectivity index (χ2v) is 6.30. The van der Waals surface area contributed by atoms with Gasteiger partial charge in [-0.3, -0.25) is 4.79 Å². The maximum absolute atomic E-state index is 11.6. The van der Waals surface area contributed by atoms with Crippen LogP contribution in [0.4, 0.5) is 5.69 Å². The Morgan fingerprint density at radius 1 is 1.30 bits per heavy atom. The third kappa shape index (κ3) is 4.04. The minimum atomic E-state index is -3.54. The maximum Gasteiger partial charge on any atom is 0.337 e. The van der Waals surface area contributed by atoms with Crippen LogP contribution in [-0.4, -0.2) is 39.7 Å². The van der Waals surface area contributed by atoms with Crippen molar-refractivity contribution in [1.29, 1.82) is 0 Å². The Morgan fingerprint density at radius 2 is 1.90 bits per heavy atom. The lowest BCUT2D eigenvalue weighted by Gasteiger charge is -2.11. The van der Waals surface area contributed by atoms with Gasteiger partial charge in [0.1, 0.15) is 0 Å². The maximum atomic E-state index is 11.6. The zero-order chi connectivity index (χ0) is 15.5. The van der Waals surface area contributed by atoms with Gasteiger partial charge in [0.25, 0.3) is 0 Å². The van der Waals surface area contributed by atoms with E-state index in [2.05, 4.69) is 10.1 Å². The zero-order valence-electron chi connectivity index (χ0n) is 11.3. The number of sulfone groups is 1. The Kier molecular flexibility index (Phi) is 4.85. The molecule has 0 aliphatic carbocycles. The summed E-state index contributed by atoms with van der Waals surface area (Å²) >= 11 is 0. The molecule has 0 bridgehead atoms. The Hall–Kier alpha value is -1.93. The van der Waals surface area contributed by atoms with Crippen LogP contribution in [0.1, 0.15) is 17.3 Å². The van der Waals surface area contributed by atoms with Gasteiger partial charge in [-0.1, -0.05) is 0 Å². The van der Waals surface area contributed by atoms with E-state index < -0.39 is 27.8 Å². The van der Waals surface area contributed by atoms with Gasteiger partial charge in [0, 0.05) is 11.9 Å². The number of carbonyl (C=O) groups excluding carboxylic acids is 2. The number of esters is 1. The monoisotopic (exact) mass is 300 g/mol. The van der Waals surface area contributed by atoms with Crippen LogP contribution in [0.5, 0.6) is 0 Å². The first kappa shape index (κ1) is 16.1. The third-order valence-corrected chi connectivity index (χ3v) is 3.53. The van der Waals surface area contributed by atoms with E-state index in [9.17, 15) is 18.0 Å². The second-order valence-electron chi connectivity index (χ2n) is 4.29. The van der Waals surface area contributed by atoms with Crippen LogP contribution in [0.25, 0.3) is 0 Å². The smallest absolute Gasteiger partial charge is 0.337 e. The number of anilines is 1. The van der Waals surface area contributed by atoms with Gasteiger partial charge in [0.05, 0.1) is 23.6 Å². The molecule has 0 spiro atoms. The number of hydrogen-bond acceptors (Lipinski definition) is 6. The molecule has 0 aromatic heterocycles. The number of carbonyl (C=O) groups is 2. The molecular weight excluding hydrogens is 284 g/mol. The van der Waals surface area contributed by atoms with Gasteiger partial charge >= 0.3 is 5.97 Å². The fraction of sp³-hybridized carbons (Fsp3) is 0.333. The van der Waals surface area contributed by atoms with Crippen LogP contribution in [0.15, 0.2) is 23.1 Å². The van der Waals surface area contributed by atoms with E-state index in [1.807, 2.05) is 0 Å². The Balaban J connectivity index is 3.31. The summed E-state index contributed by atoms with van der Waals surface area (Å²) < 4.78 is 27.7. The van der Waals surface area contributed by atoms with Crippen molar-refractivity contribution in [2.24, 2.45) is 5.73 Å².